The summed E-state index contributed by atoms with van der Waals surface area (Å²) < 4.78 is 4.76. The van der Waals surface area contributed by atoms with E-state index in [4.69, 9.17) is 4.74 Å². The fraction of sp³-hybridized carbons (Fsp3) is 0.222. The Labute approximate surface area is 185 Å². The number of hydrogen-bond donors (Lipinski definition) is 0. The second kappa shape index (κ2) is 6.39. The molecule has 0 radical (unpaired) electrons. The second-order valence-corrected chi connectivity index (χ2v) is 8.95. The van der Waals surface area contributed by atoms with Gasteiger partial charge in [-0.15, -0.1) is 0 Å². The molecule has 2 amide bonds. The van der Waals surface area contributed by atoms with E-state index in [0.29, 0.717) is 11.3 Å². The van der Waals surface area contributed by atoms with Crippen LogP contribution in [0.2, 0.25) is 0 Å². The summed E-state index contributed by atoms with van der Waals surface area (Å²) in [6.45, 7) is 1.95. The summed E-state index contributed by atoms with van der Waals surface area (Å²) >= 11 is 0. The highest BCUT2D eigenvalue weighted by atomic mass is 16.5. The zero-order chi connectivity index (χ0) is 22.2. The number of anilines is 1. The molecule has 7 rings (SSSR count). The number of esters is 1. The van der Waals surface area contributed by atoms with Crippen LogP contribution in [0, 0.1) is 11.3 Å². The van der Waals surface area contributed by atoms with Crippen molar-refractivity contribution in [2.75, 3.05) is 12.0 Å². The number of carbonyl (C=O) groups excluding carboxylic acids is 3. The number of carbonyl (C=O) groups is 3. The summed E-state index contributed by atoms with van der Waals surface area (Å²) in [6.07, 6.45) is 0. The highest BCUT2D eigenvalue weighted by molar-refractivity contribution is 6.25. The van der Waals surface area contributed by atoms with Crippen molar-refractivity contribution in [2.24, 2.45) is 11.3 Å². The van der Waals surface area contributed by atoms with E-state index in [9.17, 15) is 14.4 Å². The molecule has 2 bridgehead atoms. The standard InChI is InChI=1S/C27H21NO4/c1-27-22-19-9-5-3-7-17(19)21(18-8-4-6-10-20(18)22)23(27)24(29)28(26(27)31)16-13-11-15(12-14-16)25(30)32-2/h3-14,21-23H,1-2H3/t21?,22?,23-,27+/m0/s1. The van der Waals surface area contributed by atoms with Gasteiger partial charge in [0.2, 0.25) is 11.8 Å². The number of amides is 2. The maximum atomic E-state index is 14.0. The summed E-state index contributed by atoms with van der Waals surface area (Å²) in [6, 6.07) is 22.8. The van der Waals surface area contributed by atoms with E-state index in [0.717, 1.165) is 22.3 Å². The van der Waals surface area contributed by atoms with Gasteiger partial charge in [-0.05, 0) is 53.4 Å². The highest BCUT2D eigenvalue weighted by Crippen LogP contribution is 2.67. The van der Waals surface area contributed by atoms with Gasteiger partial charge in [0.05, 0.1) is 29.7 Å². The Morgan fingerprint density at radius 1 is 0.844 bits per heavy atom. The Morgan fingerprint density at radius 3 is 1.91 bits per heavy atom. The fourth-order valence-electron chi connectivity index (χ4n) is 6.22. The molecule has 5 nitrogen and oxygen atoms in total. The number of nitrogens with zero attached hydrogens (tertiary/aromatic N) is 1. The topological polar surface area (TPSA) is 63.7 Å². The predicted octanol–water partition coefficient (Wildman–Crippen LogP) is 4.26. The van der Waals surface area contributed by atoms with Gasteiger partial charge in [0, 0.05) is 11.8 Å². The molecule has 2 atom stereocenters. The summed E-state index contributed by atoms with van der Waals surface area (Å²) in [5.74, 6) is -1.63. The van der Waals surface area contributed by atoms with Gasteiger partial charge >= 0.3 is 5.97 Å². The van der Waals surface area contributed by atoms with E-state index < -0.39 is 17.3 Å². The first-order chi connectivity index (χ1) is 15.5. The Kier molecular flexibility index (Phi) is 3.79. The first kappa shape index (κ1) is 19.0. The monoisotopic (exact) mass is 423 g/mol. The van der Waals surface area contributed by atoms with Gasteiger partial charge < -0.3 is 4.74 Å². The lowest BCUT2D eigenvalue weighted by Gasteiger charge is -2.51. The third kappa shape index (κ3) is 2.15. The third-order valence-corrected chi connectivity index (χ3v) is 7.56. The molecule has 1 aliphatic heterocycles. The van der Waals surface area contributed by atoms with Crippen LogP contribution >= 0.6 is 0 Å². The molecule has 158 valence electrons. The Bertz CT molecular complexity index is 1260. The maximum Gasteiger partial charge on any atom is 0.337 e. The van der Waals surface area contributed by atoms with Crippen LogP contribution < -0.4 is 4.90 Å². The van der Waals surface area contributed by atoms with E-state index in [1.54, 1.807) is 24.3 Å². The SMILES string of the molecule is COC(=O)c1ccc(N2C(=O)[C@@H]3C4c5ccccc5C(c5ccccc54)[C@@]3(C)C2=O)cc1. The van der Waals surface area contributed by atoms with Crippen LogP contribution in [0.4, 0.5) is 5.69 Å². The maximum absolute atomic E-state index is 14.0. The molecule has 3 aromatic carbocycles. The van der Waals surface area contributed by atoms with E-state index >= 15 is 0 Å². The van der Waals surface area contributed by atoms with Crippen molar-refractivity contribution in [3.8, 4) is 0 Å². The van der Waals surface area contributed by atoms with Crippen molar-refractivity contribution in [1.29, 1.82) is 0 Å². The molecule has 1 heterocycles. The third-order valence-electron chi connectivity index (χ3n) is 7.56. The van der Waals surface area contributed by atoms with Gasteiger partial charge in [-0.2, -0.15) is 0 Å². The van der Waals surface area contributed by atoms with Crippen LogP contribution in [0.3, 0.4) is 0 Å². The minimum Gasteiger partial charge on any atom is -0.465 e. The van der Waals surface area contributed by atoms with Gasteiger partial charge in [0.25, 0.3) is 0 Å². The molecule has 3 aliphatic carbocycles. The van der Waals surface area contributed by atoms with Gasteiger partial charge in [-0.25, -0.2) is 9.69 Å². The van der Waals surface area contributed by atoms with Crippen molar-refractivity contribution in [3.05, 3.63) is 101 Å². The molecular weight excluding hydrogens is 402 g/mol. The Hall–Kier alpha value is -3.73. The fourth-order valence-corrected chi connectivity index (χ4v) is 6.22. The smallest absolute Gasteiger partial charge is 0.337 e. The molecule has 4 aliphatic rings. The van der Waals surface area contributed by atoms with Gasteiger partial charge in [-0.1, -0.05) is 48.5 Å². The molecule has 0 unspecified atom stereocenters. The molecule has 0 N–H and O–H groups in total. The summed E-state index contributed by atoms with van der Waals surface area (Å²) in [5.41, 5.74) is 4.55. The summed E-state index contributed by atoms with van der Waals surface area (Å²) in [4.78, 5) is 41.0. The Balaban J connectivity index is 1.52. The van der Waals surface area contributed by atoms with Gasteiger partial charge in [0.15, 0.2) is 0 Å². The van der Waals surface area contributed by atoms with Crippen LogP contribution in [-0.2, 0) is 14.3 Å². The Morgan fingerprint density at radius 2 is 1.38 bits per heavy atom. The van der Waals surface area contributed by atoms with Crippen LogP contribution in [0.15, 0.2) is 72.8 Å². The molecule has 32 heavy (non-hydrogen) atoms. The number of ether oxygens (including phenoxy) is 1. The summed E-state index contributed by atoms with van der Waals surface area (Å²) in [5, 5.41) is 0. The second-order valence-electron chi connectivity index (χ2n) is 8.95. The predicted molar refractivity (Wildman–Crippen MR) is 118 cm³/mol. The average Bonchev–Trinajstić information content (AvgIpc) is 3.04. The zero-order valence-corrected chi connectivity index (χ0v) is 17.7. The van der Waals surface area contributed by atoms with Crippen LogP contribution in [0.1, 0.15) is 51.4 Å². The first-order valence-corrected chi connectivity index (χ1v) is 10.7. The van der Waals surface area contributed by atoms with Crippen molar-refractivity contribution >= 4 is 23.5 Å². The van der Waals surface area contributed by atoms with Crippen molar-refractivity contribution < 1.29 is 19.1 Å². The summed E-state index contributed by atoms with van der Waals surface area (Å²) in [7, 11) is 1.32. The minimum atomic E-state index is -0.870. The minimum absolute atomic E-state index is 0.159. The van der Waals surface area contributed by atoms with E-state index in [1.165, 1.54) is 12.0 Å². The first-order valence-electron chi connectivity index (χ1n) is 10.7. The van der Waals surface area contributed by atoms with Crippen LogP contribution in [0.5, 0.6) is 0 Å². The lowest BCUT2D eigenvalue weighted by Crippen LogP contribution is -2.49. The van der Waals surface area contributed by atoms with Gasteiger partial charge in [0.1, 0.15) is 0 Å². The van der Waals surface area contributed by atoms with Crippen molar-refractivity contribution in [1.82, 2.24) is 0 Å². The molecule has 1 saturated heterocycles. The number of rotatable bonds is 2. The van der Waals surface area contributed by atoms with Gasteiger partial charge in [-0.3, -0.25) is 9.59 Å². The largest absolute Gasteiger partial charge is 0.465 e. The zero-order valence-electron chi connectivity index (χ0n) is 17.7. The number of methoxy groups -OCH3 is 1. The number of benzene rings is 3. The quantitative estimate of drug-likeness (QED) is 0.456. The normalized spacial score (nSPS) is 27.1. The van der Waals surface area contributed by atoms with Crippen molar-refractivity contribution in [2.45, 2.75) is 18.8 Å². The molecule has 3 aromatic rings. The lowest BCUT2D eigenvalue weighted by molar-refractivity contribution is -0.128. The molecule has 0 spiro atoms. The number of hydrogen-bond acceptors (Lipinski definition) is 4. The van der Waals surface area contributed by atoms with Crippen LogP contribution in [-0.4, -0.2) is 24.9 Å². The van der Waals surface area contributed by atoms with E-state index in [1.807, 2.05) is 31.2 Å². The van der Waals surface area contributed by atoms with Crippen LogP contribution in [0.25, 0.3) is 0 Å². The van der Waals surface area contributed by atoms with E-state index in [-0.39, 0.29) is 23.7 Å². The van der Waals surface area contributed by atoms with E-state index in [2.05, 4.69) is 24.3 Å². The molecule has 1 fully saturated rings. The highest BCUT2D eigenvalue weighted by Gasteiger charge is 2.68. The molecule has 0 saturated carbocycles. The van der Waals surface area contributed by atoms with Crippen molar-refractivity contribution in [3.63, 3.8) is 0 Å². The number of imide groups is 1. The molecular formula is C27H21NO4. The lowest BCUT2D eigenvalue weighted by atomic mass is 9.48. The molecule has 5 heteroatoms. The molecule has 0 aromatic heterocycles. The average molecular weight is 423 g/mol.